The average molecular weight is 298 g/mol. The highest BCUT2D eigenvalue weighted by Crippen LogP contribution is 2.23. The van der Waals surface area contributed by atoms with E-state index in [1.807, 2.05) is 33.0 Å². The van der Waals surface area contributed by atoms with Crippen LogP contribution in [0.3, 0.4) is 0 Å². The summed E-state index contributed by atoms with van der Waals surface area (Å²) in [4.78, 5) is 12.8. The van der Waals surface area contributed by atoms with Crippen molar-refractivity contribution in [2.75, 3.05) is 23.7 Å². The molecule has 0 bridgehead atoms. The molecule has 0 saturated heterocycles. The maximum atomic E-state index is 5.20. The molecule has 0 saturated carbocycles. The van der Waals surface area contributed by atoms with E-state index in [2.05, 4.69) is 30.7 Å². The van der Waals surface area contributed by atoms with Crippen LogP contribution in [-0.4, -0.2) is 33.2 Å². The van der Waals surface area contributed by atoms with E-state index in [0.717, 1.165) is 41.2 Å². The lowest BCUT2D eigenvalue weighted by Gasteiger charge is -2.10. The third kappa shape index (κ3) is 2.83. The van der Waals surface area contributed by atoms with Gasteiger partial charge >= 0.3 is 0 Å². The molecule has 0 fully saturated rings. The Hall–Kier alpha value is -2.70. The standard InChI is InChI=1S/C15H18N6O/c1-9-8-16-5-4-12(9)17-6-7-18-14-13-10(2)21-22-15(13)20-11(3)19-14/h4-5,8H,6-7H2,1-3H3,(H,16,17)(H,18,19,20). The summed E-state index contributed by atoms with van der Waals surface area (Å²) < 4.78 is 5.20. The number of aromatic nitrogens is 4. The van der Waals surface area contributed by atoms with E-state index in [0.29, 0.717) is 11.5 Å². The van der Waals surface area contributed by atoms with Crippen molar-refractivity contribution in [2.24, 2.45) is 0 Å². The van der Waals surface area contributed by atoms with Crippen LogP contribution in [0.5, 0.6) is 0 Å². The molecule has 22 heavy (non-hydrogen) atoms. The van der Waals surface area contributed by atoms with Gasteiger partial charge in [0.25, 0.3) is 5.71 Å². The van der Waals surface area contributed by atoms with Crippen molar-refractivity contribution in [1.29, 1.82) is 0 Å². The van der Waals surface area contributed by atoms with Crippen LogP contribution in [0.2, 0.25) is 0 Å². The highest BCUT2D eigenvalue weighted by atomic mass is 16.5. The normalized spacial score (nSPS) is 10.9. The van der Waals surface area contributed by atoms with Crippen molar-refractivity contribution >= 4 is 22.6 Å². The smallest absolute Gasteiger partial charge is 0.263 e. The summed E-state index contributed by atoms with van der Waals surface area (Å²) in [7, 11) is 0. The Bertz CT molecular complexity index is 798. The zero-order valence-corrected chi connectivity index (χ0v) is 12.8. The zero-order valence-electron chi connectivity index (χ0n) is 12.8. The Morgan fingerprint density at radius 1 is 1.09 bits per heavy atom. The van der Waals surface area contributed by atoms with Crippen LogP contribution in [0.15, 0.2) is 23.0 Å². The van der Waals surface area contributed by atoms with E-state index in [9.17, 15) is 0 Å². The Balaban J connectivity index is 1.67. The topological polar surface area (TPSA) is 88.8 Å². The number of aryl methyl sites for hydroxylation is 3. The molecule has 114 valence electrons. The van der Waals surface area contributed by atoms with E-state index in [1.54, 1.807) is 6.20 Å². The molecule has 0 atom stereocenters. The van der Waals surface area contributed by atoms with Gasteiger partial charge < -0.3 is 15.2 Å². The summed E-state index contributed by atoms with van der Waals surface area (Å²) in [6.45, 7) is 7.23. The minimum Gasteiger partial charge on any atom is -0.383 e. The summed E-state index contributed by atoms with van der Waals surface area (Å²) in [5.74, 6) is 1.42. The Morgan fingerprint density at radius 3 is 2.73 bits per heavy atom. The number of nitrogens with zero attached hydrogens (tertiary/aromatic N) is 4. The largest absolute Gasteiger partial charge is 0.383 e. The molecule has 0 aliphatic heterocycles. The number of hydrogen-bond donors (Lipinski definition) is 2. The number of fused-ring (bicyclic) bond motifs is 1. The number of pyridine rings is 1. The second-order valence-electron chi connectivity index (χ2n) is 5.11. The van der Waals surface area contributed by atoms with Gasteiger partial charge in [-0.3, -0.25) is 4.98 Å². The fourth-order valence-electron chi connectivity index (χ4n) is 2.27. The van der Waals surface area contributed by atoms with Crippen LogP contribution >= 0.6 is 0 Å². The fourth-order valence-corrected chi connectivity index (χ4v) is 2.27. The van der Waals surface area contributed by atoms with Gasteiger partial charge in [0, 0.05) is 31.2 Å². The fraction of sp³-hybridized carbons (Fsp3) is 0.333. The van der Waals surface area contributed by atoms with E-state index in [4.69, 9.17) is 4.52 Å². The molecule has 7 heteroatoms. The van der Waals surface area contributed by atoms with Gasteiger partial charge in [-0.1, -0.05) is 5.16 Å². The molecular weight excluding hydrogens is 280 g/mol. The van der Waals surface area contributed by atoms with Crippen LogP contribution in [0.25, 0.3) is 11.1 Å². The van der Waals surface area contributed by atoms with Crippen molar-refractivity contribution in [3.63, 3.8) is 0 Å². The van der Waals surface area contributed by atoms with E-state index in [-0.39, 0.29) is 0 Å². The molecule has 0 spiro atoms. The summed E-state index contributed by atoms with van der Waals surface area (Å²) in [5, 5.41) is 11.5. The van der Waals surface area contributed by atoms with E-state index in [1.165, 1.54) is 0 Å². The van der Waals surface area contributed by atoms with Crippen molar-refractivity contribution < 1.29 is 4.52 Å². The minimum absolute atomic E-state index is 0.519. The average Bonchev–Trinajstić information content (AvgIpc) is 2.86. The molecule has 3 aromatic heterocycles. The maximum Gasteiger partial charge on any atom is 0.263 e. The third-order valence-corrected chi connectivity index (χ3v) is 3.37. The van der Waals surface area contributed by atoms with Crippen molar-refractivity contribution in [3.8, 4) is 0 Å². The minimum atomic E-state index is 0.519. The molecule has 3 rings (SSSR count). The van der Waals surface area contributed by atoms with Crippen LogP contribution in [0.1, 0.15) is 17.1 Å². The molecule has 0 aliphatic rings. The monoisotopic (exact) mass is 298 g/mol. The van der Waals surface area contributed by atoms with Gasteiger partial charge in [-0.2, -0.15) is 4.98 Å². The SMILES string of the molecule is Cc1nc(NCCNc2ccncc2C)c2c(C)noc2n1. The lowest BCUT2D eigenvalue weighted by atomic mass is 10.2. The van der Waals surface area contributed by atoms with Gasteiger partial charge in [-0.15, -0.1) is 0 Å². The molecule has 3 heterocycles. The first-order chi connectivity index (χ1) is 10.6. The van der Waals surface area contributed by atoms with Crippen LogP contribution in [0.4, 0.5) is 11.5 Å². The highest BCUT2D eigenvalue weighted by Gasteiger charge is 2.13. The van der Waals surface area contributed by atoms with Gasteiger partial charge in [-0.25, -0.2) is 4.98 Å². The van der Waals surface area contributed by atoms with E-state index >= 15 is 0 Å². The Morgan fingerprint density at radius 2 is 1.91 bits per heavy atom. The van der Waals surface area contributed by atoms with E-state index < -0.39 is 0 Å². The Labute approximate surface area is 128 Å². The van der Waals surface area contributed by atoms with Gasteiger partial charge in [-0.05, 0) is 32.4 Å². The molecule has 0 unspecified atom stereocenters. The summed E-state index contributed by atoms with van der Waals surface area (Å²) >= 11 is 0. The highest BCUT2D eigenvalue weighted by molar-refractivity contribution is 5.87. The lowest BCUT2D eigenvalue weighted by Crippen LogP contribution is -2.15. The molecular formula is C15H18N6O. The summed E-state index contributed by atoms with van der Waals surface area (Å²) in [6.07, 6.45) is 3.62. The first kappa shape index (κ1) is 14.2. The number of anilines is 2. The van der Waals surface area contributed by atoms with Gasteiger partial charge in [0.05, 0.1) is 5.69 Å². The molecule has 0 aliphatic carbocycles. The number of hydrogen-bond acceptors (Lipinski definition) is 7. The molecule has 7 nitrogen and oxygen atoms in total. The van der Waals surface area contributed by atoms with Crippen molar-refractivity contribution in [3.05, 3.63) is 35.5 Å². The molecule has 0 amide bonds. The molecule has 3 aromatic rings. The molecule has 2 N–H and O–H groups in total. The van der Waals surface area contributed by atoms with Gasteiger partial charge in [0.2, 0.25) is 0 Å². The quantitative estimate of drug-likeness (QED) is 0.699. The summed E-state index contributed by atoms with van der Waals surface area (Å²) in [6, 6.07) is 1.96. The predicted molar refractivity (Wildman–Crippen MR) is 85.0 cm³/mol. The number of rotatable bonds is 5. The third-order valence-electron chi connectivity index (χ3n) is 3.37. The summed E-state index contributed by atoms with van der Waals surface area (Å²) in [5.41, 5.74) is 3.51. The second kappa shape index (κ2) is 5.97. The second-order valence-corrected chi connectivity index (χ2v) is 5.11. The van der Waals surface area contributed by atoms with Crippen LogP contribution in [-0.2, 0) is 0 Å². The number of nitrogens with one attached hydrogen (secondary N) is 2. The maximum absolute atomic E-state index is 5.20. The molecule has 0 radical (unpaired) electrons. The van der Waals surface area contributed by atoms with Gasteiger partial charge in [0.1, 0.15) is 17.0 Å². The first-order valence-corrected chi connectivity index (χ1v) is 7.14. The van der Waals surface area contributed by atoms with Crippen LogP contribution < -0.4 is 10.6 Å². The first-order valence-electron chi connectivity index (χ1n) is 7.14. The zero-order chi connectivity index (χ0) is 15.5. The Kier molecular flexibility index (Phi) is 3.86. The predicted octanol–water partition coefficient (Wildman–Crippen LogP) is 2.46. The van der Waals surface area contributed by atoms with Gasteiger partial charge in [0.15, 0.2) is 0 Å². The van der Waals surface area contributed by atoms with Crippen molar-refractivity contribution in [1.82, 2.24) is 20.1 Å². The van der Waals surface area contributed by atoms with Crippen LogP contribution in [0, 0.1) is 20.8 Å². The lowest BCUT2D eigenvalue weighted by molar-refractivity contribution is 0.442. The molecule has 0 aromatic carbocycles. The van der Waals surface area contributed by atoms with Crippen molar-refractivity contribution in [2.45, 2.75) is 20.8 Å².